The summed E-state index contributed by atoms with van der Waals surface area (Å²) >= 11 is 0. The zero-order chi connectivity index (χ0) is 11.3. The van der Waals surface area contributed by atoms with E-state index in [1.807, 2.05) is 6.92 Å². The van der Waals surface area contributed by atoms with Crippen LogP contribution in [0.3, 0.4) is 0 Å². The summed E-state index contributed by atoms with van der Waals surface area (Å²) in [7, 11) is 0. The van der Waals surface area contributed by atoms with Crippen molar-refractivity contribution in [3.05, 3.63) is 10.1 Å². The molecule has 0 radical (unpaired) electrons. The maximum absolute atomic E-state index is 10.7. The van der Waals surface area contributed by atoms with Crippen LogP contribution in [-0.4, -0.2) is 34.1 Å². The quantitative estimate of drug-likeness (QED) is 0.498. The summed E-state index contributed by atoms with van der Waals surface area (Å²) < 4.78 is 0. The predicted molar refractivity (Wildman–Crippen MR) is 57.6 cm³/mol. The molecule has 0 fully saturated rings. The highest BCUT2D eigenvalue weighted by atomic mass is 16.7. The molecule has 1 aliphatic rings. The fraction of sp³-hybridized carbons (Fsp3) is 0.889. The molecule has 0 aromatic heterocycles. The Kier molecular flexibility index (Phi) is 4.33. The van der Waals surface area contributed by atoms with Crippen molar-refractivity contribution in [3.8, 4) is 0 Å². The van der Waals surface area contributed by atoms with E-state index in [-0.39, 0.29) is 11.2 Å². The van der Waals surface area contributed by atoms with E-state index in [2.05, 4.69) is 12.0 Å². The van der Waals surface area contributed by atoms with Crippen LogP contribution in [0.4, 0.5) is 0 Å². The Morgan fingerprint density at radius 3 is 2.73 bits per heavy atom. The number of unbranched alkanes of at least 4 members (excludes halogenated alkanes) is 1. The van der Waals surface area contributed by atoms with Gasteiger partial charge in [-0.2, -0.15) is 5.10 Å². The van der Waals surface area contributed by atoms with E-state index in [0.717, 1.165) is 37.2 Å². The number of rotatable bonds is 6. The summed E-state index contributed by atoms with van der Waals surface area (Å²) in [5.41, 5.74) is 0. The molecule has 1 aliphatic heterocycles. The number of hydrazine groups is 1. The Morgan fingerprint density at radius 2 is 2.20 bits per heavy atom. The lowest BCUT2D eigenvalue weighted by atomic mass is 10.2. The van der Waals surface area contributed by atoms with E-state index in [9.17, 15) is 10.1 Å². The van der Waals surface area contributed by atoms with Crippen LogP contribution in [0.15, 0.2) is 5.10 Å². The summed E-state index contributed by atoms with van der Waals surface area (Å²) in [4.78, 5) is 10.7. The lowest BCUT2D eigenvalue weighted by Gasteiger charge is -2.23. The first-order chi connectivity index (χ1) is 7.20. The fourth-order valence-corrected chi connectivity index (χ4v) is 1.66. The Bertz CT molecular complexity index is 244. The van der Waals surface area contributed by atoms with E-state index in [4.69, 9.17) is 0 Å². The topological polar surface area (TPSA) is 62.0 Å². The van der Waals surface area contributed by atoms with Gasteiger partial charge in [0.25, 0.3) is 0 Å². The van der Waals surface area contributed by atoms with E-state index >= 15 is 0 Å². The molecule has 15 heavy (non-hydrogen) atoms. The third kappa shape index (κ3) is 2.81. The largest absolute Gasteiger partial charge is 0.267 e. The molecule has 0 amide bonds. The van der Waals surface area contributed by atoms with Crippen LogP contribution < -0.4 is 0 Å². The van der Waals surface area contributed by atoms with Crippen molar-refractivity contribution < 1.29 is 5.03 Å². The lowest BCUT2D eigenvalue weighted by molar-refractivity contribution is -0.638. The van der Waals surface area contributed by atoms with Crippen molar-refractivity contribution in [2.45, 2.75) is 45.7 Å². The molecule has 0 bridgehead atoms. The minimum atomic E-state index is -0.389. The van der Waals surface area contributed by atoms with Crippen LogP contribution in [0.2, 0.25) is 0 Å². The highest BCUT2D eigenvalue weighted by Gasteiger charge is 2.34. The van der Waals surface area contributed by atoms with Gasteiger partial charge in [0.1, 0.15) is 0 Å². The van der Waals surface area contributed by atoms with Crippen LogP contribution in [0.5, 0.6) is 0 Å². The molecular weight excluding hydrogens is 196 g/mol. The van der Waals surface area contributed by atoms with Gasteiger partial charge in [0, 0.05) is 6.54 Å². The molecule has 6 nitrogen and oxygen atoms in total. The number of hydrogen-bond acceptors (Lipinski definition) is 4. The number of nitrogens with zero attached hydrogens (tertiary/aromatic N) is 4. The molecule has 1 heterocycles. The van der Waals surface area contributed by atoms with Crippen molar-refractivity contribution in [2.75, 3.05) is 6.54 Å². The van der Waals surface area contributed by atoms with E-state index in [0.29, 0.717) is 0 Å². The van der Waals surface area contributed by atoms with Gasteiger partial charge in [-0.05, 0) is 19.3 Å². The Labute approximate surface area is 89.7 Å². The normalized spacial score (nSPS) is 20.0. The van der Waals surface area contributed by atoms with Gasteiger partial charge in [0.15, 0.2) is 17.5 Å². The van der Waals surface area contributed by atoms with E-state index in [1.165, 1.54) is 6.34 Å². The van der Waals surface area contributed by atoms with Gasteiger partial charge in [0.2, 0.25) is 0 Å². The summed E-state index contributed by atoms with van der Waals surface area (Å²) in [6, 6.07) is 0. The third-order valence-corrected chi connectivity index (χ3v) is 2.42. The Morgan fingerprint density at radius 1 is 1.47 bits per heavy atom. The van der Waals surface area contributed by atoms with E-state index < -0.39 is 0 Å². The summed E-state index contributed by atoms with van der Waals surface area (Å²) in [5, 5.41) is 17.3. The highest BCUT2D eigenvalue weighted by molar-refractivity contribution is 5.55. The molecule has 1 rings (SSSR count). The number of nitro groups is 1. The second-order valence-corrected chi connectivity index (χ2v) is 3.63. The van der Waals surface area contributed by atoms with Crippen molar-refractivity contribution in [2.24, 2.45) is 5.10 Å². The smallest absolute Gasteiger partial charge is 0.183 e. The minimum absolute atomic E-state index is 0.195. The molecule has 0 saturated carbocycles. The van der Waals surface area contributed by atoms with E-state index in [1.54, 1.807) is 5.01 Å². The maximum Gasteiger partial charge on any atom is 0.183 e. The zero-order valence-electron chi connectivity index (χ0n) is 9.30. The molecule has 0 aromatic rings. The van der Waals surface area contributed by atoms with Crippen LogP contribution >= 0.6 is 0 Å². The van der Waals surface area contributed by atoms with Gasteiger partial charge in [-0.1, -0.05) is 25.3 Å². The molecule has 0 N–H and O–H groups in total. The lowest BCUT2D eigenvalue weighted by Crippen LogP contribution is -2.43. The highest BCUT2D eigenvalue weighted by Crippen LogP contribution is 2.18. The first-order valence-electron chi connectivity index (χ1n) is 5.44. The molecule has 86 valence electrons. The Balaban J connectivity index is 2.59. The SMILES string of the molecule is CCCCC1N(CCC)N=CN1[N+](=O)[O-]. The van der Waals surface area contributed by atoms with Gasteiger partial charge in [-0.3, -0.25) is 5.01 Å². The van der Waals surface area contributed by atoms with Gasteiger partial charge in [-0.25, -0.2) is 10.1 Å². The molecular formula is C9H18N4O2. The molecule has 0 saturated heterocycles. The third-order valence-electron chi connectivity index (χ3n) is 2.42. The molecule has 0 spiro atoms. The molecule has 1 unspecified atom stereocenters. The predicted octanol–water partition coefficient (Wildman–Crippen LogP) is 1.67. The average molecular weight is 214 g/mol. The van der Waals surface area contributed by atoms with Gasteiger partial charge >= 0.3 is 0 Å². The van der Waals surface area contributed by atoms with Crippen molar-refractivity contribution in [1.29, 1.82) is 0 Å². The molecule has 0 aliphatic carbocycles. The van der Waals surface area contributed by atoms with Crippen molar-refractivity contribution >= 4 is 6.34 Å². The van der Waals surface area contributed by atoms with Crippen LogP contribution in [-0.2, 0) is 0 Å². The standard InChI is InChI=1S/C9H18N4O2/c1-3-5-6-9-11(7-4-2)10-8-12(9)13(14)15/h8-9H,3-7H2,1-2H3. The molecule has 6 heteroatoms. The van der Waals surface area contributed by atoms with Gasteiger partial charge in [0.05, 0.1) is 0 Å². The van der Waals surface area contributed by atoms with Crippen molar-refractivity contribution in [3.63, 3.8) is 0 Å². The van der Waals surface area contributed by atoms with Gasteiger partial charge < -0.3 is 0 Å². The molecule has 1 atom stereocenters. The van der Waals surface area contributed by atoms with Crippen LogP contribution in [0.1, 0.15) is 39.5 Å². The second kappa shape index (κ2) is 5.53. The fourth-order valence-electron chi connectivity index (χ4n) is 1.66. The molecule has 0 aromatic carbocycles. The maximum atomic E-state index is 10.7. The first-order valence-corrected chi connectivity index (χ1v) is 5.44. The summed E-state index contributed by atoms with van der Waals surface area (Å²) in [6.07, 6.45) is 4.89. The zero-order valence-corrected chi connectivity index (χ0v) is 9.30. The van der Waals surface area contributed by atoms with Gasteiger partial charge in [-0.15, -0.1) is 0 Å². The number of hydrazone groups is 1. The van der Waals surface area contributed by atoms with Crippen LogP contribution in [0.25, 0.3) is 0 Å². The Hall–Kier alpha value is -1.33. The monoisotopic (exact) mass is 214 g/mol. The first kappa shape index (κ1) is 11.7. The summed E-state index contributed by atoms with van der Waals surface area (Å²) in [6.45, 7) is 4.90. The summed E-state index contributed by atoms with van der Waals surface area (Å²) in [5.74, 6) is 0. The minimum Gasteiger partial charge on any atom is -0.267 e. The second-order valence-electron chi connectivity index (χ2n) is 3.63. The number of hydrogen-bond donors (Lipinski definition) is 0. The van der Waals surface area contributed by atoms with Crippen LogP contribution in [0, 0.1) is 10.1 Å². The average Bonchev–Trinajstić information content (AvgIpc) is 2.59. The van der Waals surface area contributed by atoms with Crippen molar-refractivity contribution in [1.82, 2.24) is 10.0 Å².